The van der Waals surface area contributed by atoms with Crippen molar-refractivity contribution in [1.29, 1.82) is 5.26 Å². The van der Waals surface area contributed by atoms with Crippen LogP contribution < -0.4 is 14.8 Å². The quantitative estimate of drug-likeness (QED) is 0.193. The van der Waals surface area contributed by atoms with Gasteiger partial charge in [-0.05, 0) is 52.6 Å². The summed E-state index contributed by atoms with van der Waals surface area (Å²) in [5, 5.41) is 14.8. The van der Waals surface area contributed by atoms with E-state index < -0.39 is 5.91 Å². The van der Waals surface area contributed by atoms with Crippen LogP contribution >= 0.6 is 15.9 Å². The first kappa shape index (κ1) is 25.0. The number of nitriles is 1. The number of amides is 1. The predicted molar refractivity (Wildman–Crippen MR) is 146 cm³/mol. The van der Waals surface area contributed by atoms with Crippen LogP contribution in [0.1, 0.15) is 29.7 Å². The van der Waals surface area contributed by atoms with Gasteiger partial charge in [0.05, 0.1) is 13.2 Å². The van der Waals surface area contributed by atoms with Gasteiger partial charge in [0, 0.05) is 4.47 Å². The first-order valence-electron chi connectivity index (χ1n) is 11.4. The van der Waals surface area contributed by atoms with E-state index in [-0.39, 0.29) is 11.6 Å². The summed E-state index contributed by atoms with van der Waals surface area (Å²) in [5.74, 6) is 0.603. The highest BCUT2D eigenvalue weighted by Gasteiger charge is 2.16. The zero-order valence-corrected chi connectivity index (χ0v) is 21.6. The maximum atomic E-state index is 12.8. The van der Waals surface area contributed by atoms with Gasteiger partial charge in [0.25, 0.3) is 5.91 Å². The van der Waals surface area contributed by atoms with Crippen molar-refractivity contribution < 1.29 is 14.3 Å². The molecule has 1 atom stereocenters. The second-order valence-corrected chi connectivity index (χ2v) is 9.08. The van der Waals surface area contributed by atoms with E-state index in [4.69, 9.17) is 9.47 Å². The fraction of sp³-hybridized carbons (Fsp3) is 0.133. The molecule has 180 valence electrons. The number of nitrogens with one attached hydrogen (secondary N) is 1. The third-order valence-corrected chi connectivity index (χ3v) is 6.54. The third kappa shape index (κ3) is 5.76. The monoisotopic (exact) mass is 540 g/mol. The van der Waals surface area contributed by atoms with Gasteiger partial charge in [-0.15, -0.1) is 0 Å². The molecule has 0 radical (unpaired) electrons. The van der Waals surface area contributed by atoms with E-state index in [1.807, 2.05) is 67.6 Å². The van der Waals surface area contributed by atoms with Gasteiger partial charge in [0.2, 0.25) is 0 Å². The summed E-state index contributed by atoms with van der Waals surface area (Å²) >= 11 is 3.55. The molecule has 6 heteroatoms. The molecule has 0 aliphatic heterocycles. The van der Waals surface area contributed by atoms with Crippen molar-refractivity contribution in [3.8, 4) is 17.6 Å². The fourth-order valence-electron chi connectivity index (χ4n) is 3.91. The normalized spacial score (nSPS) is 12.0. The Morgan fingerprint density at radius 3 is 2.50 bits per heavy atom. The molecule has 0 aliphatic carbocycles. The van der Waals surface area contributed by atoms with Crippen LogP contribution in [0.25, 0.3) is 16.8 Å². The van der Waals surface area contributed by atoms with E-state index in [1.54, 1.807) is 19.2 Å². The number of carbonyl (C=O) groups is 1. The first-order valence-corrected chi connectivity index (χ1v) is 12.2. The molecule has 0 aliphatic rings. The SMILES string of the molecule is COc1cc(/C=C(/C#N)C(=O)N[C@H](C)c2ccccc2)c(Br)cc1OCc1cccc2ccccc12. The molecule has 1 amide bonds. The average Bonchev–Trinajstić information content (AvgIpc) is 2.91. The Morgan fingerprint density at radius 1 is 1.03 bits per heavy atom. The van der Waals surface area contributed by atoms with E-state index in [0.717, 1.165) is 21.9 Å². The standard InChI is InChI=1S/C30H25BrN2O3/c1-20(21-9-4-3-5-10-21)33-30(34)25(18-32)15-24-16-28(35-2)29(17-27(24)31)36-19-23-13-8-12-22-11-6-7-14-26(22)23/h3-17,20H,19H2,1-2H3,(H,33,34)/b25-15-/t20-/m1/s1. The molecule has 0 fully saturated rings. The Kier molecular flexibility index (Phi) is 8.04. The van der Waals surface area contributed by atoms with Gasteiger partial charge in [0.1, 0.15) is 18.2 Å². The molecule has 36 heavy (non-hydrogen) atoms. The van der Waals surface area contributed by atoms with E-state index in [2.05, 4.69) is 39.4 Å². The number of fused-ring (bicyclic) bond motifs is 1. The zero-order valence-electron chi connectivity index (χ0n) is 20.0. The molecule has 0 saturated carbocycles. The molecule has 0 unspecified atom stereocenters. The summed E-state index contributed by atoms with van der Waals surface area (Å²) in [7, 11) is 1.56. The highest BCUT2D eigenvalue weighted by Crippen LogP contribution is 2.35. The number of halogens is 1. The van der Waals surface area contributed by atoms with Crippen LogP contribution in [-0.4, -0.2) is 13.0 Å². The number of hydrogen-bond acceptors (Lipinski definition) is 4. The van der Waals surface area contributed by atoms with Gasteiger partial charge in [-0.25, -0.2) is 0 Å². The second-order valence-electron chi connectivity index (χ2n) is 8.23. The Bertz CT molecular complexity index is 1450. The van der Waals surface area contributed by atoms with Crippen LogP contribution in [0.15, 0.2) is 95.0 Å². The third-order valence-electron chi connectivity index (χ3n) is 5.86. The molecular formula is C30H25BrN2O3. The summed E-state index contributed by atoms with van der Waals surface area (Å²) in [6.45, 7) is 2.24. The summed E-state index contributed by atoms with van der Waals surface area (Å²) < 4.78 is 12.3. The Hall–Kier alpha value is -4.08. The highest BCUT2D eigenvalue weighted by atomic mass is 79.9. The van der Waals surface area contributed by atoms with E-state index in [0.29, 0.717) is 28.1 Å². The van der Waals surface area contributed by atoms with Crippen molar-refractivity contribution >= 4 is 38.7 Å². The van der Waals surface area contributed by atoms with Crippen molar-refractivity contribution in [1.82, 2.24) is 5.32 Å². The van der Waals surface area contributed by atoms with E-state index >= 15 is 0 Å². The average molecular weight is 541 g/mol. The van der Waals surface area contributed by atoms with Crippen LogP contribution in [-0.2, 0) is 11.4 Å². The zero-order chi connectivity index (χ0) is 25.5. The van der Waals surface area contributed by atoms with Crippen LogP contribution in [0.2, 0.25) is 0 Å². The molecule has 0 heterocycles. The summed E-state index contributed by atoms with van der Waals surface area (Å²) in [4.78, 5) is 12.8. The summed E-state index contributed by atoms with van der Waals surface area (Å²) in [5.41, 5.74) is 2.64. The predicted octanol–water partition coefficient (Wildman–Crippen LogP) is 6.97. The lowest BCUT2D eigenvalue weighted by Gasteiger charge is -2.15. The number of methoxy groups -OCH3 is 1. The number of carbonyl (C=O) groups excluding carboxylic acids is 1. The van der Waals surface area contributed by atoms with E-state index in [9.17, 15) is 10.1 Å². The Morgan fingerprint density at radius 2 is 1.75 bits per heavy atom. The van der Waals surface area contributed by atoms with E-state index in [1.165, 1.54) is 6.08 Å². The van der Waals surface area contributed by atoms with Gasteiger partial charge in [-0.3, -0.25) is 4.79 Å². The molecule has 4 rings (SSSR count). The van der Waals surface area contributed by atoms with Gasteiger partial charge in [-0.2, -0.15) is 5.26 Å². The second kappa shape index (κ2) is 11.6. The molecule has 5 nitrogen and oxygen atoms in total. The lowest BCUT2D eigenvalue weighted by Crippen LogP contribution is -2.27. The minimum Gasteiger partial charge on any atom is -0.493 e. The van der Waals surface area contributed by atoms with Gasteiger partial charge >= 0.3 is 0 Å². The maximum absolute atomic E-state index is 12.8. The number of ether oxygens (including phenoxy) is 2. The Labute approximate surface area is 219 Å². The topological polar surface area (TPSA) is 71.3 Å². The lowest BCUT2D eigenvalue weighted by molar-refractivity contribution is -0.117. The molecule has 0 saturated heterocycles. The van der Waals surface area contributed by atoms with Crippen LogP contribution in [0.3, 0.4) is 0 Å². The van der Waals surface area contributed by atoms with Gasteiger partial charge in [0.15, 0.2) is 11.5 Å². The Balaban J connectivity index is 1.54. The summed E-state index contributed by atoms with van der Waals surface area (Å²) in [6.07, 6.45) is 1.54. The van der Waals surface area contributed by atoms with Gasteiger partial charge < -0.3 is 14.8 Å². The van der Waals surface area contributed by atoms with Crippen molar-refractivity contribution in [2.24, 2.45) is 0 Å². The maximum Gasteiger partial charge on any atom is 0.262 e. The molecule has 0 aromatic heterocycles. The molecule has 4 aromatic rings. The first-order chi connectivity index (χ1) is 17.5. The minimum absolute atomic E-state index is 0.00930. The van der Waals surface area contributed by atoms with Crippen LogP contribution in [0.4, 0.5) is 0 Å². The largest absolute Gasteiger partial charge is 0.493 e. The number of rotatable bonds is 8. The lowest BCUT2D eigenvalue weighted by atomic mass is 10.1. The fourth-order valence-corrected chi connectivity index (χ4v) is 4.35. The molecule has 0 spiro atoms. The molecular weight excluding hydrogens is 516 g/mol. The smallest absolute Gasteiger partial charge is 0.262 e. The number of nitrogens with zero attached hydrogens (tertiary/aromatic N) is 1. The van der Waals surface area contributed by atoms with Crippen molar-refractivity contribution in [3.63, 3.8) is 0 Å². The van der Waals surface area contributed by atoms with Crippen molar-refractivity contribution in [2.45, 2.75) is 19.6 Å². The van der Waals surface area contributed by atoms with Crippen molar-refractivity contribution in [2.75, 3.05) is 7.11 Å². The molecule has 4 aromatic carbocycles. The number of hydrogen-bond donors (Lipinski definition) is 1. The minimum atomic E-state index is -0.448. The summed E-state index contributed by atoms with van der Waals surface area (Å²) in [6, 6.07) is 29.2. The van der Waals surface area contributed by atoms with Crippen LogP contribution in [0, 0.1) is 11.3 Å². The van der Waals surface area contributed by atoms with Gasteiger partial charge in [-0.1, -0.05) is 88.7 Å². The molecule has 1 N–H and O–H groups in total. The highest BCUT2D eigenvalue weighted by molar-refractivity contribution is 9.10. The van der Waals surface area contributed by atoms with Crippen molar-refractivity contribution in [3.05, 3.63) is 112 Å². The number of benzene rings is 4. The van der Waals surface area contributed by atoms with Crippen LogP contribution in [0.5, 0.6) is 11.5 Å². The molecule has 0 bridgehead atoms.